The molecule has 0 spiro atoms. The first kappa shape index (κ1) is 27.1. The quantitative estimate of drug-likeness (QED) is 0.167. The fourth-order valence-corrected chi connectivity index (χ4v) is 3.93. The van der Waals surface area contributed by atoms with Gasteiger partial charge in [0, 0.05) is 25.1 Å². The molecule has 11 heteroatoms. The van der Waals surface area contributed by atoms with Gasteiger partial charge < -0.3 is 10.6 Å². The zero-order chi connectivity index (χ0) is 24.7. The summed E-state index contributed by atoms with van der Waals surface area (Å²) in [6.07, 6.45) is 0.857. The summed E-state index contributed by atoms with van der Waals surface area (Å²) in [7, 11) is 0. The van der Waals surface area contributed by atoms with Gasteiger partial charge in [-0.3, -0.25) is 32.0 Å². The van der Waals surface area contributed by atoms with Crippen molar-refractivity contribution < 1.29 is 24.0 Å². The lowest BCUT2D eigenvalue weighted by atomic mass is 10.0. The van der Waals surface area contributed by atoms with Crippen LogP contribution in [0.15, 0.2) is 24.3 Å². The number of carbonyl (C=O) groups excluding carboxylic acids is 5. The maximum atomic E-state index is 12.5. The summed E-state index contributed by atoms with van der Waals surface area (Å²) in [6, 6.07) is 6.81. The minimum atomic E-state index is -0.766. The fraction of sp³-hybridized carbons (Fsp3) is 0.500. The Morgan fingerprint density at radius 3 is 2.36 bits per heavy atom. The van der Waals surface area contributed by atoms with Crippen molar-refractivity contribution in [1.29, 1.82) is 0 Å². The summed E-state index contributed by atoms with van der Waals surface area (Å²) in [5.41, 5.74) is 1.82. The number of nitrogens with zero attached hydrogens (tertiary/aromatic N) is 2. The van der Waals surface area contributed by atoms with Crippen molar-refractivity contribution in [2.24, 2.45) is 5.92 Å². The highest BCUT2D eigenvalue weighted by atomic mass is 127. The van der Waals surface area contributed by atoms with Gasteiger partial charge in [-0.05, 0) is 37.0 Å². The van der Waals surface area contributed by atoms with Gasteiger partial charge in [-0.15, -0.1) is 0 Å². The van der Waals surface area contributed by atoms with Crippen LogP contribution < -0.4 is 10.6 Å². The molecule has 0 aliphatic carbocycles. The molecule has 33 heavy (non-hydrogen) atoms. The summed E-state index contributed by atoms with van der Waals surface area (Å²) in [5.74, 6) is -1.53. The molecular formula is C22H29IN4O5S. The molecule has 2 N–H and O–H groups in total. The Hall–Kier alpha value is -2.15. The van der Waals surface area contributed by atoms with Crippen LogP contribution in [0, 0.1) is 5.92 Å². The number of carbonyl (C=O) groups is 5. The molecule has 2 atom stereocenters. The average Bonchev–Trinajstić information content (AvgIpc) is 3.01. The number of nitrogens with one attached hydrogen (secondary N) is 2. The molecule has 0 aromatic heterocycles. The largest absolute Gasteiger partial charge is 0.347 e. The number of amides is 5. The summed E-state index contributed by atoms with van der Waals surface area (Å²) in [4.78, 5) is 61.5. The number of anilines is 1. The zero-order valence-corrected chi connectivity index (χ0v) is 21.9. The van der Waals surface area contributed by atoms with E-state index in [4.69, 9.17) is 0 Å². The van der Waals surface area contributed by atoms with Gasteiger partial charge in [0.1, 0.15) is 6.04 Å². The zero-order valence-electron chi connectivity index (χ0n) is 18.8. The number of rotatable bonds is 10. The van der Waals surface area contributed by atoms with E-state index in [0.29, 0.717) is 11.6 Å². The van der Waals surface area contributed by atoms with E-state index in [1.165, 1.54) is 8.68 Å². The molecule has 5 amide bonds. The normalized spacial score (nSPS) is 16.7. The van der Waals surface area contributed by atoms with Crippen molar-refractivity contribution >= 4 is 70.7 Å². The van der Waals surface area contributed by atoms with Crippen LogP contribution in [0.1, 0.15) is 39.2 Å². The topological polar surface area (TPSA) is 116 Å². The standard InChI is InChI=1S/C22H29IN4O5S/c1-13(2)10-15-4-6-16(7-5-15)25-21(31)14(3)27(23)20(30)12-24-18(28)8-9-26-19(29)11-17(33)22(26)32/h4-7,13-14,17,33H,8-12H2,1-3H3,(H,24,28)(H,25,31). The first-order valence-corrected chi connectivity index (χ1v) is 12.1. The van der Waals surface area contributed by atoms with Gasteiger partial charge in [-0.1, -0.05) is 26.0 Å². The SMILES string of the molecule is CC(C)Cc1ccc(NC(=O)C(C)N(I)C(=O)CNC(=O)CCN2C(=O)CC(S)C2=O)cc1. The second-order valence-corrected chi connectivity index (χ2v) is 9.96. The molecule has 1 fully saturated rings. The van der Waals surface area contributed by atoms with Crippen LogP contribution in [0.5, 0.6) is 0 Å². The predicted molar refractivity (Wildman–Crippen MR) is 136 cm³/mol. The highest BCUT2D eigenvalue weighted by molar-refractivity contribution is 14.1. The van der Waals surface area contributed by atoms with Crippen LogP contribution in [-0.4, -0.2) is 61.9 Å². The van der Waals surface area contributed by atoms with Gasteiger partial charge in [0.15, 0.2) is 0 Å². The molecule has 9 nitrogen and oxygen atoms in total. The number of hydrogen-bond donors (Lipinski definition) is 3. The Morgan fingerprint density at radius 2 is 1.82 bits per heavy atom. The second-order valence-electron chi connectivity index (χ2n) is 8.30. The summed E-state index contributed by atoms with van der Waals surface area (Å²) in [6.45, 7) is 5.50. The third kappa shape index (κ3) is 7.98. The van der Waals surface area contributed by atoms with Crippen molar-refractivity contribution in [3.63, 3.8) is 0 Å². The van der Waals surface area contributed by atoms with E-state index >= 15 is 0 Å². The number of likely N-dealkylation sites (tertiary alicyclic amines) is 1. The molecule has 1 aromatic carbocycles. The first-order chi connectivity index (χ1) is 15.5. The number of halogens is 1. The van der Waals surface area contributed by atoms with E-state index in [9.17, 15) is 24.0 Å². The van der Waals surface area contributed by atoms with Crippen LogP contribution in [-0.2, 0) is 30.4 Å². The first-order valence-electron chi connectivity index (χ1n) is 10.7. The number of benzene rings is 1. The number of imide groups is 1. The van der Waals surface area contributed by atoms with Gasteiger partial charge >= 0.3 is 0 Å². The van der Waals surface area contributed by atoms with Crippen molar-refractivity contribution in [2.75, 3.05) is 18.4 Å². The number of hydrogen-bond acceptors (Lipinski definition) is 6. The highest BCUT2D eigenvalue weighted by Gasteiger charge is 2.36. The Labute approximate surface area is 212 Å². The van der Waals surface area contributed by atoms with Crippen LogP contribution in [0.4, 0.5) is 5.69 Å². The Morgan fingerprint density at radius 1 is 1.18 bits per heavy atom. The Bertz CT molecular complexity index is 909. The minimum Gasteiger partial charge on any atom is -0.347 e. The smallest absolute Gasteiger partial charge is 0.251 e. The lowest BCUT2D eigenvalue weighted by Gasteiger charge is -2.22. The van der Waals surface area contributed by atoms with E-state index in [-0.39, 0.29) is 37.7 Å². The van der Waals surface area contributed by atoms with E-state index in [0.717, 1.165) is 11.3 Å². The predicted octanol–water partition coefficient (Wildman–Crippen LogP) is 1.95. The van der Waals surface area contributed by atoms with E-state index in [1.807, 2.05) is 24.3 Å². The van der Waals surface area contributed by atoms with Crippen LogP contribution in [0.2, 0.25) is 0 Å². The average molecular weight is 588 g/mol. The van der Waals surface area contributed by atoms with Crippen LogP contribution in [0.3, 0.4) is 0 Å². The molecule has 0 bridgehead atoms. The summed E-state index contributed by atoms with van der Waals surface area (Å²) in [5, 5.41) is 4.58. The van der Waals surface area contributed by atoms with Gasteiger partial charge in [-0.25, -0.2) is 0 Å². The van der Waals surface area contributed by atoms with Crippen molar-refractivity contribution in [3.8, 4) is 0 Å². The second kappa shape index (κ2) is 12.4. The summed E-state index contributed by atoms with van der Waals surface area (Å²) < 4.78 is 1.22. The van der Waals surface area contributed by atoms with Crippen LogP contribution >= 0.6 is 35.5 Å². The molecule has 1 saturated heterocycles. The lowest BCUT2D eigenvalue weighted by Crippen LogP contribution is -2.44. The van der Waals surface area contributed by atoms with Crippen molar-refractivity contribution in [1.82, 2.24) is 13.3 Å². The minimum absolute atomic E-state index is 0.0217. The Balaban J connectivity index is 1.77. The maximum absolute atomic E-state index is 12.5. The van der Waals surface area contributed by atoms with Crippen molar-refractivity contribution in [3.05, 3.63) is 29.8 Å². The van der Waals surface area contributed by atoms with Gasteiger partial charge in [-0.2, -0.15) is 12.6 Å². The highest BCUT2D eigenvalue weighted by Crippen LogP contribution is 2.18. The van der Waals surface area contributed by atoms with E-state index < -0.39 is 29.0 Å². The molecule has 2 rings (SSSR count). The van der Waals surface area contributed by atoms with Crippen molar-refractivity contribution in [2.45, 2.75) is 51.3 Å². The fourth-order valence-electron chi connectivity index (χ4n) is 3.21. The Kier molecular flexibility index (Phi) is 10.1. The molecule has 1 heterocycles. The monoisotopic (exact) mass is 588 g/mol. The molecule has 1 aliphatic rings. The molecule has 180 valence electrons. The third-order valence-electron chi connectivity index (χ3n) is 5.04. The number of thiol groups is 1. The molecule has 0 radical (unpaired) electrons. The third-order valence-corrected chi connectivity index (χ3v) is 6.82. The molecule has 2 unspecified atom stereocenters. The van der Waals surface area contributed by atoms with Gasteiger partial charge in [0.25, 0.3) is 5.91 Å². The van der Waals surface area contributed by atoms with E-state index in [2.05, 4.69) is 37.1 Å². The van der Waals surface area contributed by atoms with Gasteiger partial charge in [0.2, 0.25) is 23.6 Å². The molecule has 0 saturated carbocycles. The van der Waals surface area contributed by atoms with Gasteiger partial charge in [0.05, 0.1) is 34.7 Å². The molecule has 1 aliphatic heterocycles. The maximum Gasteiger partial charge on any atom is 0.251 e. The summed E-state index contributed by atoms with van der Waals surface area (Å²) >= 11 is 5.77. The van der Waals surface area contributed by atoms with E-state index in [1.54, 1.807) is 29.8 Å². The van der Waals surface area contributed by atoms with Crippen LogP contribution in [0.25, 0.3) is 0 Å². The molecule has 1 aromatic rings. The molecular weight excluding hydrogens is 559 g/mol. The lowest BCUT2D eigenvalue weighted by molar-refractivity contribution is -0.139.